The van der Waals surface area contributed by atoms with Crippen LogP contribution in [0.25, 0.3) is 11.0 Å². The van der Waals surface area contributed by atoms with E-state index in [-0.39, 0.29) is 11.8 Å². The smallest absolute Gasteiger partial charge is 0.254 e. The number of imidazole rings is 1. The van der Waals surface area contributed by atoms with E-state index in [1.54, 1.807) is 0 Å². The van der Waals surface area contributed by atoms with Crippen molar-refractivity contribution < 1.29 is 9.59 Å². The standard InChI is InChI=1S/C27H34N6O2/c1-29(2)22-8-6-7-20(17-22)26(34)33-15-13-31(14-16-33)19-25-28-23-18-21(9-10-24(23)30(25)3)27(35)32-11-4-5-12-32/h6-10,17-18H,4-5,11-16,19H2,1-3H3. The molecule has 2 saturated heterocycles. The zero-order chi connectivity index (χ0) is 24.5. The van der Waals surface area contributed by atoms with E-state index in [0.717, 1.165) is 79.2 Å². The Morgan fingerprint density at radius 2 is 1.51 bits per heavy atom. The topological polar surface area (TPSA) is 64.9 Å². The zero-order valence-electron chi connectivity index (χ0n) is 20.9. The van der Waals surface area contributed by atoms with Crippen molar-refractivity contribution in [3.63, 3.8) is 0 Å². The highest BCUT2D eigenvalue weighted by Gasteiger charge is 2.24. The van der Waals surface area contributed by atoms with Crippen molar-refractivity contribution in [3.8, 4) is 0 Å². The minimum absolute atomic E-state index is 0.0891. The van der Waals surface area contributed by atoms with Gasteiger partial charge in [-0.3, -0.25) is 14.5 Å². The molecule has 2 aromatic carbocycles. The van der Waals surface area contributed by atoms with Crippen LogP contribution in [0.3, 0.4) is 0 Å². The second-order valence-electron chi connectivity index (χ2n) is 9.80. The summed E-state index contributed by atoms with van der Waals surface area (Å²) in [6.45, 7) is 5.42. The van der Waals surface area contributed by atoms with Crippen LogP contribution in [0, 0.1) is 0 Å². The van der Waals surface area contributed by atoms with Gasteiger partial charge >= 0.3 is 0 Å². The summed E-state index contributed by atoms with van der Waals surface area (Å²) >= 11 is 0. The van der Waals surface area contributed by atoms with Gasteiger partial charge in [-0.25, -0.2) is 4.98 Å². The molecule has 8 heteroatoms. The van der Waals surface area contributed by atoms with Crippen molar-refractivity contribution in [3.05, 3.63) is 59.4 Å². The quantitative estimate of drug-likeness (QED) is 0.569. The Kier molecular flexibility index (Phi) is 6.47. The molecule has 3 heterocycles. The van der Waals surface area contributed by atoms with Crippen LogP contribution in [0.4, 0.5) is 5.69 Å². The lowest BCUT2D eigenvalue weighted by atomic mass is 10.1. The fourth-order valence-corrected chi connectivity index (χ4v) is 5.04. The average molecular weight is 475 g/mol. The van der Waals surface area contributed by atoms with Crippen molar-refractivity contribution >= 4 is 28.5 Å². The molecular formula is C27H34N6O2. The number of fused-ring (bicyclic) bond motifs is 1. The number of aryl methyl sites for hydroxylation is 1. The average Bonchev–Trinajstić information content (AvgIpc) is 3.52. The number of nitrogens with zero attached hydrogens (tertiary/aromatic N) is 6. The van der Waals surface area contributed by atoms with Gasteiger partial charge in [0, 0.05) is 77.2 Å². The number of carbonyl (C=O) groups is 2. The van der Waals surface area contributed by atoms with Crippen LogP contribution in [0.15, 0.2) is 42.5 Å². The van der Waals surface area contributed by atoms with Crippen molar-refractivity contribution in [2.75, 3.05) is 58.3 Å². The van der Waals surface area contributed by atoms with Crippen LogP contribution < -0.4 is 4.90 Å². The number of carbonyl (C=O) groups excluding carboxylic acids is 2. The molecule has 0 saturated carbocycles. The SMILES string of the molecule is CN(C)c1cccc(C(=O)N2CCN(Cc3nc4cc(C(=O)N5CCCC5)ccc4n3C)CC2)c1. The van der Waals surface area contributed by atoms with Gasteiger partial charge in [-0.05, 0) is 49.2 Å². The van der Waals surface area contributed by atoms with Crippen LogP contribution in [0.2, 0.25) is 0 Å². The largest absolute Gasteiger partial charge is 0.378 e. The third-order valence-corrected chi connectivity index (χ3v) is 7.25. The maximum absolute atomic E-state index is 13.0. The van der Waals surface area contributed by atoms with Gasteiger partial charge in [0.05, 0.1) is 17.6 Å². The number of rotatable bonds is 5. The molecule has 0 aliphatic carbocycles. The molecule has 2 amide bonds. The fraction of sp³-hybridized carbons (Fsp3) is 0.444. The summed E-state index contributed by atoms with van der Waals surface area (Å²) in [5.74, 6) is 1.17. The lowest BCUT2D eigenvalue weighted by Crippen LogP contribution is -2.48. The van der Waals surface area contributed by atoms with E-state index < -0.39 is 0 Å². The first kappa shape index (κ1) is 23.4. The van der Waals surface area contributed by atoms with Crippen LogP contribution >= 0.6 is 0 Å². The molecule has 35 heavy (non-hydrogen) atoms. The lowest BCUT2D eigenvalue weighted by Gasteiger charge is -2.34. The van der Waals surface area contributed by atoms with Crippen LogP contribution in [0.1, 0.15) is 39.4 Å². The van der Waals surface area contributed by atoms with Crippen molar-refractivity contribution in [1.29, 1.82) is 0 Å². The minimum atomic E-state index is 0.0891. The van der Waals surface area contributed by atoms with Gasteiger partial charge in [-0.1, -0.05) is 6.07 Å². The number of aromatic nitrogens is 2. The van der Waals surface area contributed by atoms with Gasteiger partial charge in [0.25, 0.3) is 11.8 Å². The van der Waals surface area contributed by atoms with E-state index in [2.05, 4.69) is 9.47 Å². The first-order chi connectivity index (χ1) is 16.9. The molecule has 8 nitrogen and oxygen atoms in total. The van der Waals surface area contributed by atoms with Crippen molar-refractivity contribution in [2.24, 2.45) is 7.05 Å². The zero-order valence-corrected chi connectivity index (χ0v) is 20.9. The molecule has 184 valence electrons. The van der Waals surface area contributed by atoms with E-state index in [0.29, 0.717) is 13.1 Å². The summed E-state index contributed by atoms with van der Waals surface area (Å²) in [5, 5.41) is 0. The highest BCUT2D eigenvalue weighted by molar-refractivity contribution is 5.97. The lowest BCUT2D eigenvalue weighted by molar-refractivity contribution is 0.0624. The Balaban J connectivity index is 1.23. The van der Waals surface area contributed by atoms with Gasteiger partial charge < -0.3 is 19.3 Å². The molecule has 0 bridgehead atoms. The monoisotopic (exact) mass is 474 g/mol. The summed E-state index contributed by atoms with van der Waals surface area (Å²) in [7, 11) is 6.00. The van der Waals surface area contributed by atoms with Crippen molar-refractivity contribution in [1.82, 2.24) is 24.3 Å². The Labute approximate surface area is 206 Å². The first-order valence-electron chi connectivity index (χ1n) is 12.4. The number of likely N-dealkylation sites (tertiary alicyclic amines) is 1. The summed E-state index contributed by atoms with van der Waals surface area (Å²) in [4.78, 5) is 38.9. The number of piperazine rings is 1. The third kappa shape index (κ3) is 4.75. The summed E-state index contributed by atoms with van der Waals surface area (Å²) in [5.41, 5.74) is 4.38. The summed E-state index contributed by atoms with van der Waals surface area (Å²) in [6.07, 6.45) is 2.17. The highest BCUT2D eigenvalue weighted by atomic mass is 16.2. The predicted octanol–water partition coefficient (Wildman–Crippen LogP) is 2.83. The molecule has 5 rings (SSSR count). The third-order valence-electron chi connectivity index (χ3n) is 7.25. The van der Waals surface area contributed by atoms with Gasteiger partial charge in [0.2, 0.25) is 0 Å². The molecular weight excluding hydrogens is 440 g/mol. The second kappa shape index (κ2) is 9.70. The Bertz CT molecular complexity index is 1240. The maximum Gasteiger partial charge on any atom is 0.254 e. The number of benzene rings is 2. The van der Waals surface area contributed by atoms with E-state index in [1.807, 2.05) is 78.3 Å². The second-order valence-corrected chi connectivity index (χ2v) is 9.80. The number of hydrogen-bond acceptors (Lipinski definition) is 5. The molecule has 0 atom stereocenters. The van der Waals surface area contributed by atoms with E-state index in [4.69, 9.17) is 4.98 Å². The van der Waals surface area contributed by atoms with Crippen LogP contribution in [-0.2, 0) is 13.6 Å². The summed E-state index contributed by atoms with van der Waals surface area (Å²) in [6, 6.07) is 13.7. The van der Waals surface area contributed by atoms with Gasteiger partial charge in [-0.2, -0.15) is 0 Å². The Hall–Kier alpha value is -3.39. The molecule has 3 aromatic rings. The number of anilines is 1. The Morgan fingerprint density at radius 3 is 2.20 bits per heavy atom. The molecule has 2 aliphatic rings. The minimum Gasteiger partial charge on any atom is -0.378 e. The number of amides is 2. The first-order valence-corrected chi connectivity index (χ1v) is 12.4. The normalized spacial score (nSPS) is 16.8. The molecule has 0 radical (unpaired) electrons. The van der Waals surface area contributed by atoms with Gasteiger partial charge in [0.1, 0.15) is 5.82 Å². The van der Waals surface area contributed by atoms with E-state index >= 15 is 0 Å². The molecule has 0 unspecified atom stereocenters. The fourth-order valence-electron chi connectivity index (χ4n) is 5.04. The molecule has 2 fully saturated rings. The maximum atomic E-state index is 13.0. The number of hydrogen-bond donors (Lipinski definition) is 0. The predicted molar refractivity (Wildman–Crippen MR) is 138 cm³/mol. The van der Waals surface area contributed by atoms with Crippen LogP contribution in [-0.4, -0.2) is 89.4 Å². The van der Waals surface area contributed by atoms with E-state index in [1.165, 1.54) is 0 Å². The molecule has 2 aliphatic heterocycles. The molecule has 1 aromatic heterocycles. The highest BCUT2D eigenvalue weighted by Crippen LogP contribution is 2.21. The molecule has 0 N–H and O–H groups in total. The van der Waals surface area contributed by atoms with Gasteiger partial charge in [0.15, 0.2) is 0 Å². The van der Waals surface area contributed by atoms with E-state index in [9.17, 15) is 9.59 Å². The Morgan fingerprint density at radius 1 is 0.857 bits per heavy atom. The summed E-state index contributed by atoms with van der Waals surface area (Å²) < 4.78 is 2.11. The van der Waals surface area contributed by atoms with Crippen LogP contribution in [0.5, 0.6) is 0 Å². The van der Waals surface area contributed by atoms with Gasteiger partial charge in [-0.15, -0.1) is 0 Å². The van der Waals surface area contributed by atoms with Crippen molar-refractivity contribution in [2.45, 2.75) is 19.4 Å². The molecule has 0 spiro atoms.